The number of halogens is 1. The van der Waals surface area contributed by atoms with Crippen LogP contribution < -0.4 is 10.6 Å². The first-order valence-electron chi connectivity index (χ1n) is 8.64. The topological polar surface area (TPSA) is 41.1 Å². The molecule has 3 rings (SSSR count). The van der Waals surface area contributed by atoms with Crippen molar-refractivity contribution in [3.63, 3.8) is 0 Å². The molecule has 4 heteroatoms. The van der Waals surface area contributed by atoms with E-state index in [1.165, 1.54) is 12.0 Å². The van der Waals surface area contributed by atoms with Crippen LogP contribution in [-0.4, -0.2) is 25.5 Å². The molecule has 1 aliphatic carbocycles. The van der Waals surface area contributed by atoms with Crippen LogP contribution in [0.4, 0.5) is 0 Å². The Kier molecular flexibility index (Phi) is 5.54. The largest absolute Gasteiger partial charge is 0.352 e. The van der Waals surface area contributed by atoms with Gasteiger partial charge in [0.2, 0.25) is 5.91 Å². The summed E-state index contributed by atoms with van der Waals surface area (Å²) in [7, 11) is 0. The van der Waals surface area contributed by atoms with Gasteiger partial charge in [0, 0.05) is 17.6 Å². The van der Waals surface area contributed by atoms with Gasteiger partial charge in [-0.1, -0.05) is 59.0 Å². The first-order valence-corrected chi connectivity index (χ1v) is 9.43. The van der Waals surface area contributed by atoms with Gasteiger partial charge in [0.15, 0.2) is 0 Å². The lowest BCUT2D eigenvalue weighted by molar-refractivity contribution is -0.127. The van der Waals surface area contributed by atoms with Gasteiger partial charge < -0.3 is 10.6 Å². The molecule has 0 bridgehead atoms. The Morgan fingerprint density at radius 2 is 2.09 bits per heavy atom. The van der Waals surface area contributed by atoms with E-state index in [-0.39, 0.29) is 11.3 Å². The molecule has 0 unspecified atom stereocenters. The number of hydrogen-bond donors (Lipinski definition) is 2. The summed E-state index contributed by atoms with van der Waals surface area (Å²) in [5.41, 5.74) is 2.15. The molecule has 2 aliphatic rings. The lowest BCUT2D eigenvalue weighted by Crippen LogP contribution is -2.46. The summed E-state index contributed by atoms with van der Waals surface area (Å²) in [6.07, 6.45) is 8.64. The van der Waals surface area contributed by atoms with E-state index in [4.69, 9.17) is 0 Å². The highest BCUT2D eigenvalue weighted by molar-refractivity contribution is 9.10. The third-order valence-electron chi connectivity index (χ3n) is 5.15. The molecule has 1 heterocycles. The fraction of sp³-hybridized carbons (Fsp3) is 0.526. The van der Waals surface area contributed by atoms with Crippen molar-refractivity contribution in [2.45, 2.75) is 43.9 Å². The highest BCUT2D eigenvalue weighted by atomic mass is 79.9. The standard InChI is InChI=1S/C19H25BrN2O/c20-17-6-4-5-16(13-17)19(9-2-1-3-10-19)18(23)22-14-15-7-11-21-12-8-15/h4-7,13,21H,1-3,8-12,14H2,(H,22,23). The first kappa shape index (κ1) is 16.7. The van der Waals surface area contributed by atoms with Crippen molar-refractivity contribution in [2.75, 3.05) is 19.6 Å². The van der Waals surface area contributed by atoms with E-state index in [9.17, 15) is 4.79 Å². The molecule has 0 atom stereocenters. The van der Waals surface area contributed by atoms with Crippen LogP contribution in [0, 0.1) is 0 Å². The summed E-state index contributed by atoms with van der Waals surface area (Å²) in [5, 5.41) is 6.54. The molecule has 1 fully saturated rings. The molecular formula is C19H25BrN2O. The molecule has 124 valence electrons. The van der Waals surface area contributed by atoms with Crippen molar-refractivity contribution in [1.29, 1.82) is 0 Å². The summed E-state index contributed by atoms with van der Waals surface area (Å²) < 4.78 is 1.05. The number of hydrogen-bond acceptors (Lipinski definition) is 2. The highest BCUT2D eigenvalue weighted by Crippen LogP contribution is 2.40. The van der Waals surface area contributed by atoms with Gasteiger partial charge in [0.1, 0.15) is 0 Å². The van der Waals surface area contributed by atoms with Crippen LogP contribution >= 0.6 is 15.9 Å². The van der Waals surface area contributed by atoms with Crippen molar-refractivity contribution in [3.05, 3.63) is 46.0 Å². The highest BCUT2D eigenvalue weighted by Gasteiger charge is 2.41. The zero-order chi connectivity index (χ0) is 16.1. The van der Waals surface area contributed by atoms with Gasteiger partial charge in [-0.15, -0.1) is 0 Å². The molecule has 1 saturated carbocycles. The van der Waals surface area contributed by atoms with Crippen LogP contribution in [0.15, 0.2) is 40.4 Å². The average molecular weight is 377 g/mol. The molecule has 0 aromatic heterocycles. The second-order valence-electron chi connectivity index (χ2n) is 6.65. The maximum atomic E-state index is 13.1. The minimum Gasteiger partial charge on any atom is -0.352 e. The number of carbonyl (C=O) groups excluding carboxylic acids is 1. The average Bonchev–Trinajstić information content (AvgIpc) is 2.61. The third-order valence-corrected chi connectivity index (χ3v) is 5.65. The molecule has 0 saturated heterocycles. The van der Waals surface area contributed by atoms with Crippen LogP contribution in [-0.2, 0) is 10.2 Å². The molecule has 23 heavy (non-hydrogen) atoms. The fourth-order valence-corrected chi connectivity index (χ4v) is 4.18. The summed E-state index contributed by atoms with van der Waals surface area (Å²) in [6.45, 7) is 2.62. The Morgan fingerprint density at radius 3 is 2.78 bits per heavy atom. The van der Waals surface area contributed by atoms with Crippen LogP contribution in [0.3, 0.4) is 0 Å². The summed E-state index contributed by atoms with van der Waals surface area (Å²) in [4.78, 5) is 13.1. The quantitative estimate of drug-likeness (QED) is 0.786. The number of rotatable bonds is 4. The second-order valence-corrected chi connectivity index (χ2v) is 7.57. The Hall–Kier alpha value is -1.13. The van der Waals surface area contributed by atoms with Gasteiger partial charge in [0.05, 0.1) is 5.41 Å². The molecule has 0 spiro atoms. The Labute approximate surface area is 147 Å². The Morgan fingerprint density at radius 1 is 1.26 bits per heavy atom. The van der Waals surface area contributed by atoms with Gasteiger partial charge in [-0.25, -0.2) is 0 Å². The van der Waals surface area contributed by atoms with Gasteiger partial charge in [-0.3, -0.25) is 4.79 Å². The predicted molar refractivity (Wildman–Crippen MR) is 97.5 cm³/mol. The minimum atomic E-state index is -0.352. The molecule has 1 aromatic rings. The van der Waals surface area contributed by atoms with Crippen molar-refractivity contribution in [3.8, 4) is 0 Å². The lowest BCUT2D eigenvalue weighted by Gasteiger charge is -2.36. The second kappa shape index (κ2) is 7.63. The maximum absolute atomic E-state index is 13.1. The van der Waals surface area contributed by atoms with E-state index in [1.807, 2.05) is 12.1 Å². The van der Waals surface area contributed by atoms with E-state index in [0.717, 1.165) is 55.2 Å². The van der Waals surface area contributed by atoms with Crippen LogP contribution in [0.1, 0.15) is 44.1 Å². The number of amides is 1. The van der Waals surface area contributed by atoms with Crippen LogP contribution in [0.2, 0.25) is 0 Å². The zero-order valence-electron chi connectivity index (χ0n) is 13.5. The van der Waals surface area contributed by atoms with Gasteiger partial charge >= 0.3 is 0 Å². The summed E-state index contributed by atoms with van der Waals surface area (Å²) >= 11 is 3.56. The normalized spacial score (nSPS) is 20.7. The summed E-state index contributed by atoms with van der Waals surface area (Å²) in [6, 6.07) is 8.30. The third kappa shape index (κ3) is 3.86. The zero-order valence-corrected chi connectivity index (χ0v) is 15.1. The molecule has 0 radical (unpaired) electrons. The first-order chi connectivity index (χ1) is 11.2. The van der Waals surface area contributed by atoms with E-state index < -0.39 is 0 Å². The molecule has 1 aliphatic heterocycles. The van der Waals surface area contributed by atoms with Crippen LogP contribution in [0.5, 0.6) is 0 Å². The van der Waals surface area contributed by atoms with Crippen molar-refractivity contribution in [1.82, 2.24) is 10.6 Å². The van der Waals surface area contributed by atoms with Crippen molar-refractivity contribution >= 4 is 21.8 Å². The molecule has 1 amide bonds. The summed E-state index contributed by atoms with van der Waals surface area (Å²) in [5.74, 6) is 0.203. The molecule has 1 aromatic carbocycles. The number of benzene rings is 1. The SMILES string of the molecule is O=C(NCC1=CCNCC1)C1(c2cccc(Br)c2)CCCCC1. The lowest BCUT2D eigenvalue weighted by atomic mass is 9.68. The number of carbonyl (C=O) groups is 1. The monoisotopic (exact) mass is 376 g/mol. The molecule has 2 N–H and O–H groups in total. The smallest absolute Gasteiger partial charge is 0.230 e. The van der Waals surface area contributed by atoms with Crippen LogP contribution in [0.25, 0.3) is 0 Å². The minimum absolute atomic E-state index is 0.203. The van der Waals surface area contributed by atoms with E-state index in [2.05, 4.69) is 44.8 Å². The van der Waals surface area contributed by atoms with E-state index >= 15 is 0 Å². The maximum Gasteiger partial charge on any atom is 0.230 e. The fourth-order valence-electron chi connectivity index (χ4n) is 3.78. The Bertz CT molecular complexity index is 591. The van der Waals surface area contributed by atoms with Crippen molar-refractivity contribution < 1.29 is 4.79 Å². The molecular weight excluding hydrogens is 352 g/mol. The van der Waals surface area contributed by atoms with Gasteiger partial charge in [-0.2, -0.15) is 0 Å². The molecule has 3 nitrogen and oxygen atoms in total. The van der Waals surface area contributed by atoms with Gasteiger partial charge in [0.25, 0.3) is 0 Å². The van der Waals surface area contributed by atoms with E-state index in [1.54, 1.807) is 0 Å². The predicted octanol–water partition coefficient (Wildman–Crippen LogP) is 3.69. The van der Waals surface area contributed by atoms with Gasteiger partial charge in [-0.05, 0) is 43.5 Å². The van der Waals surface area contributed by atoms with E-state index in [0.29, 0.717) is 6.54 Å². The number of nitrogens with one attached hydrogen (secondary N) is 2. The van der Waals surface area contributed by atoms with Crippen molar-refractivity contribution in [2.24, 2.45) is 0 Å². The Balaban J connectivity index is 1.78.